The molecule has 1 aromatic rings. The third-order valence-corrected chi connectivity index (χ3v) is 3.08. The number of carboxylic acids is 1. The summed E-state index contributed by atoms with van der Waals surface area (Å²) >= 11 is 0. The number of hydrogen-bond acceptors (Lipinski definition) is 8. The van der Waals surface area contributed by atoms with Gasteiger partial charge in [-0.2, -0.15) is 0 Å². The molecule has 1 aromatic carbocycles. The fraction of sp³-hybridized carbons (Fsp3) is 0.462. The van der Waals surface area contributed by atoms with Gasteiger partial charge in [0.25, 0.3) is 0 Å². The molecule has 0 saturated carbocycles. The van der Waals surface area contributed by atoms with Crippen LogP contribution < -0.4 is 5.73 Å². The molecule has 0 bridgehead atoms. The fourth-order valence-electron chi connectivity index (χ4n) is 1.77. The van der Waals surface area contributed by atoms with E-state index in [9.17, 15) is 15.0 Å². The number of rotatable bonds is 2. The summed E-state index contributed by atoms with van der Waals surface area (Å²) in [4.78, 5) is 10.3. The predicted octanol–water partition coefficient (Wildman–Crippen LogP) is -2.16. The molecule has 1 aliphatic heterocycles. The topological polar surface area (TPSA) is 174 Å². The number of phenols is 1. The van der Waals surface area contributed by atoms with Gasteiger partial charge in [0.05, 0.1) is 12.6 Å². The number of carbonyl (C=O) groups is 1. The Labute approximate surface area is 125 Å². The van der Waals surface area contributed by atoms with Crippen molar-refractivity contribution in [2.24, 2.45) is 5.73 Å². The van der Waals surface area contributed by atoms with Crippen molar-refractivity contribution in [3.63, 3.8) is 0 Å². The summed E-state index contributed by atoms with van der Waals surface area (Å²) in [6, 6.07) is 4.77. The molecular formula is C13H19NO8. The maximum atomic E-state index is 10.3. The Morgan fingerprint density at radius 2 is 1.77 bits per heavy atom. The molecule has 124 valence electrons. The first-order chi connectivity index (χ1) is 10.3. The van der Waals surface area contributed by atoms with E-state index in [2.05, 4.69) is 0 Å². The molecule has 9 nitrogen and oxygen atoms in total. The minimum Gasteiger partial charge on any atom is -0.507 e. The Morgan fingerprint density at radius 3 is 2.23 bits per heavy atom. The van der Waals surface area contributed by atoms with Crippen LogP contribution in [0.5, 0.6) is 5.75 Å². The molecule has 1 aliphatic rings. The van der Waals surface area contributed by atoms with Crippen molar-refractivity contribution in [1.82, 2.24) is 0 Å². The first kappa shape index (κ1) is 18.3. The molecule has 8 N–H and O–H groups in total. The quantitative estimate of drug-likeness (QED) is 0.320. The van der Waals surface area contributed by atoms with Crippen LogP contribution in [0.2, 0.25) is 0 Å². The van der Waals surface area contributed by atoms with Gasteiger partial charge in [-0.1, -0.05) is 12.1 Å². The van der Waals surface area contributed by atoms with Gasteiger partial charge >= 0.3 is 5.97 Å². The second kappa shape index (κ2) is 8.03. The summed E-state index contributed by atoms with van der Waals surface area (Å²) < 4.78 is 4.70. The molecule has 0 spiro atoms. The summed E-state index contributed by atoms with van der Waals surface area (Å²) in [5, 5.41) is 53.4. The molecule has 1 unspecified atom stereocenters. The van der Waals surface area contributed by atoms with E-state index in [0.717, 1.165) is 0 Å². The normalized spacial score (nSPS) is 31.0. The molecule has 1 fully saturated rings. The highest BCUT2D eigenvalue weighted by Gasteiger charge is 2.41. The molecule has 1 saturated heterocycles. The molecule has 22 heavy (non-hydrogen) atoms. The van der Waals surface area contributed by atoms with Crippen LogP contribution in [0.15, 0.2) is 24.3 Å². The lowest BCUT2D eigenvalue weighted by molar-refractivity contribution is -0.248. The lowest BCUT2D eigenvalue weighted by atomic mass is 9.98. The molecule has 2 rings (SSSR count). The molecule has 0 aliphatic carbocycles. The Kier molecular flexibility index (Phi) is 6.68. The zero-order valence-corrected chi connectivity index (χ0v) is 11.5. The van der Waals surface area contributed by atoms with E-state index in [4.69, 9.17) is 30.9 Å². The number of aliphatic hydroxyl groups is 4. The second-order valence-electron chi connectivity index (χ2n) is 4.63. The summed E-state index contributed by atoms with van der Waals surface area (Å²) in [5.41, 5.74) is 5.20. The van der Waals surface area contributed by atoms with Crippen molar-refractivity contribution in [1.29, 1.82) is 0 Å². The second-order valence-corrected chi connectivity index (χ2v) is 4.63. The molecule has 9 heteroatoms. The van der Waals surface area contributed by atoms with Gasteiger partial charge < -0.3 is 41.1 Å². The van der Waals surface area contributed by atoms with Crippen LogP contribution in [-0.2, 0) is 4.74 Å². The third-order valence-electron chi connectivity index (χ3n) is 3.08. The average Bonchev–Trinajstić information content (AvgIpc) is 2.49. The van der Waals surface area contributed by atoms with Crippen LogP contribution in [0.3, 0.4) is 0 Å². The third kappa shape index (κ3) is 4.37. The van der Waals surface area contributed by atoms with Crippen molar-refractivity contribution in [2.45, 2.75) is 30.6 Å². The van der Waals surface area contributed by atoms with Crippen LogP contribution in [0.4, 0.5) is 0 Å². The fourth-order valence-corrected chi connectivity index (χ4v) is 1.77. The number of carboxylic acid groups (broad SMARTS) is 1. The van der Waals surface area contributed by atoms with E-state index in [-0.39, 0.29) is 11.3 Å². The first-order valence-corrected chi connectivity index (χ1v) is 6.37. The van der Waals surface area contributed by atoms with Gasteiger partial charge in [0.1, 0.15) is 29.6 Å². The van der Waals surface area contributed by atoms with Crippen LogP contribution in [0.25, 0.3) is 0 Å². The van der Waals surface area contributed by atoms with Crippen LogP contribution >= 0.6 is 0 Å². The predicted molar refractivity (Wildman–Crippen MR) is 73.0 cm³/mol. The molecule has 0 aromatic heterocycles. The minimum absolute atomic E-state index is 0.0671. The number of aliphatic hydroxyl groups excluding tert-OH is 4. The van der Waals surface area contributed by atoms with Gasteiger partial charge in [-0.05, 0) is 12.1 Å². The maximum Gasteiger partial charge on any atom is 0.339 e. The molecular weight excluding hydrogens is 298 g/mol. The number of benzene rings is 1. The Bertz CT molecular complexity index is 492. The van der Waals surface area contributed by atoms with Gasteiger partial charge in [-0.3, -0.25) is 0 Å². The van der Waals surface area contributed by atoms with Crippen LogP contribution in [0.1, 0.15) is 10.4 Å². The van der Waals surface area contributed by atoms with Crippen molar-refractivity contribution in [2.75, 3.05) is 6.61 Å². The van der Waals surface area contributed by atoms with E-state index in [0.29, 0.717) is 0 Å². The Morgan fingerprint density at radius 1 is 1.18 bits per heavy atom. The zero-order chi connectivity index (χ0) is 16.9. The number of para-hydroxylation sites is 1. The maximum absolute atomic E-state index is 10.3. The number of hydrogen-bond donors (Lipinski definition) is 7. The minimum atomic E-state index is -1.35. The molecule has 0 radical (unpaired) electrons. The standard InChI is InChI=1S/C7H6O3.C6H13NO5/c8-6-4-2-1-3-5(6)7(9)10;7-3-5(10)4(9)2(1-8)12-6(3)11/h1-4,8H,(H,9,10);2-6,8-11H,1,7H2/t;2-,3-,4-,5-,6?/m.1/s1. The summed E-state index contributed by atoms with van der Waals surface area (Å²) in [6.07, 6.45) is -4.85. The highest BCUT2D eigenvalue weighted by Crippen LogP contribution is 2.17. The summed E-state index contributed by atoms with van der Waals surface area (Å²) in [6.45, 7) is -0.470. The first-order valence-electron chi connectivity index (χ1n) is 6.37. The highest BCUT2D eigenvalue weighted by molar-refractivity contribution is 5.90. The smallest absolute Gasteiger partial charge is 0.339 e. The van der Waals surface area contributed by atoms with Gasteiger partial charge in [-0.15, -0.1) is 0 Å². The van der Waals surface area contributed by atoms with Gasteiger partial charge in [0, 0.05) is 0 Å². The zero-order valence-electron chi connectivity index (χ0n) is 11.5. The summed E-state index contributed by atoms with van der Waals surface area (Å²) in [7, 11) is 0. The lowest BCUT2D eigenvalue weighted by Gasteiger charge is -2.38. The van der Waals surface area contributed by atoms with Crippen molar-refractivity contribution in [3.05, 3.63) is 29.8 Å². The molecule has 0 amide bonds. The Hall–Kier alpha value is -1.75. The van der Waals surface area contributed by atoms with E-state index in [1.54, 1.807) is 12.1 Å². The molecule has 1 heterocycles. The average molecular weight is 317 g/mol. The number of aromatic hydroxyl groups is 1. The van der Waals surface area contributed by atoms with E-state index >= 15 is 0 Å². The summed E-state index contributed by atoms with van der Waals surface area (Å²) in [5.74, 6) is -1.31. The van der Waals surface area contributed by atoms with Crippen LogP contribution in [0, 0.1) is 0 Å². The van der Waals surface area contributed by atoms with E-state index < -0.39 is 43.2 Å². The van der Waals surface area contributed by atoms with Crippen molar-refractivity contribution in [3.8, 4) is 5.75 Å². The van der Waals surface area contributed by atoms with Crippen LogP contribution in [-0.4, -0.2) is 73.9 Å². The lowest BCUT2D eigenvalue weighted by Crippen LogP contribution is -2.61. The van der Waals surface area contributed by atoms with Gasteiger partial charge in [0.15, 0.2) is 6.29 Å². The monoisotopic (exact) mass is 317 g/mol. The number of nitrogens with two attached hydrogens (primary N) is 1. The number of ether oxygens (including phenoxy) is 1. The van der Waals surface area contributed by atoms with Gasteiger partial charge in [-0.25, -0.2) is 4.79 Å². The van der Waals surface area contributed by atoms with Crippen molar-refractivity contribution < 1.29 is 40.2 Å². The largest absolute Gasteiger partial charge is 0.507 e. The molecule has 5 atom stereocenters. The highest BCUT2D eigenvalue weighted by atomic mass is 16.6. The SMILES string of the molecule is N[C@H]1C(O)O[C@H](CO)[C@@H](O)[C@@H]1O.O=C(O)c1ccccc1O. The van der Waals surface area contributed by atoms with Gasteiger partial charge in [0.2, 0.25) is 0 Å². The number of aromatic carboxylic acids is 1. The van der Waals surface area contributed by atoms with Crippen molar-refractivity contribution >= 4 is 5.97 Å². The van der Waals surface area contributed by atoms with E-state index in [1.807, 2.05) is 0 Å². The Balaban J connectivity index is 0.000000224. The van der Waals surface area contributed by atoms with E-state index in [1.165, 1.54) is 12.1 Å².